The number of aromatic amines is 1. The molecule has 0 aliphatic heterocycles. The lowest BCUT2D eigenvalue weighted by Gasteiger charge is -2.13. The monoisotopic (exact) mass is 549 g/mol. The molecular formula is C35H43N5O. The maximum absolute atomic E-state index is 13.0. The lowest BCUT2D eigenvalue weighted by molar-refractivity contribution is -0.116. The number of hydrogen-bond donors (Lipinski definition) is 2. The zero-order chi connectivity index (χ0) is 29.0. The molecule has 0 spiro atoms. The summed E-state index contributed by atoms with van der Waals surface area (Å²) in [6.45, 7) is 8.73. The van der Waals surface area contributed by atoms with Crippen molar-refractivity contribution >= 4 is 29.3 Å². The van der Waals surface area contributed by atoms with Gasteiger partial charge in [-0.25, -0.2) is 0 Å². The van der Waals surface area contributed by atoms with Gasteiger partial charge in [-0.3, -0.25) is 19.9 Å². The van der Waals surface area contributed by atoms with Crippen molar-refractivity contribution in [3.63, 3.8) is 0 Å². The maximum Gasteiger partial charge on any atom is 0.224 e. The van der Waals surface area contributed by atoms with E-state index < -0.39 is 0 Å². The van der Waals surface area contributed by atoms with Crippen LogP contribution in [0.3, 0.4) is 0 Å². The first-order valence-corrected chi connectivity index (χ1v) is 15.0. The number of fused-ring (bicyclic) bond motifs is 1. The normalized spacial score (nSPS) is 15.9. The minimum atomic E-state index is 0.0346. The van der Waals surface area contributed by atoms with Gasteiger partial charge in [0.25, 0.3) is 0 Å². The first-order valence-electron chi connectivity index (χ1n) is 15.0. The molecule has 0 saturated carbocycles. The van der Waals surface area contributed by atoms with Gasteiger partial charge >= 0.3 is 0 Å². The van der Waals surface area contributed by atoms with Crippen LogP contribution in [0.25, 0.3) is 29.1 Å². The molecule has 0 aromatic carbocycles. The highest BCUT2D eigenvalue weighted by Crippen LogP contribution is 2.30. The van der Waals surface area contributed by atoms with Gasteiger partial charge in [0.15, 0.2) is 0 Å². The van der Waals surface area contributed by atoms with Crippen molar-refractivity contribution in [3.8, 4) is 11.4 Å². The van der Waals surface area contributed by atoms with Crippen LogP contribution in [0.2, 0.25) is 0 Å². The Balaban J connectivity index is 1.44. The number of amides is 1. The standard InChI is InChI=1S/C35H43N5O/c1-5-6-13-27(14-8-7-11-25(2)3)18-21-34(41)39-32-22-23-36-31-20-19-28(15-10-16-29(31)32)30-24-37-40-35(30)33-17-9-12-26(4)38-33/h9-10,12-13,15-17,19-20,22-25H,5-8,11,14,18,21H2,1-4H3,(H,37,40)(H,36,39,41)/b27-13+. The molecule has 0 atom stereocenters. The van der Waals surface area contributed by atoms with Gasteiger partial charge in [0, 0.05) is 35.6 Å². The van der Waals surface area contributed by atoms with Crippen LogP contribution in [0, 0.1) is 12.8 Å². The smallest absolute Gasteiger partial charge is 0.224 e. The molecule has 0 fully saturated rings. The number of aryl methyl sites for hydroxylation is 1. The maximum atomic E-state index is 13.0. The molecule has 2 N–H and O–H groups in total. The van der Waals surface area contributed by atoms with Crippen LogP contribution < -0.4 is 5.32 Å². The van der Waals surface area contributed by atoms with E-state index in [1.54, 1.807) is 6.20 Å². The number of pyridine rings is 2. The summed E-state index contributed by atoms with van der Waals surface area (Å²) in [4.78, 5) is 22.3. The van der Waals surface area contributed by atoms with Gasteiger partial charge in [0.2, 0.25) is 5.91 Å². The fourth-order valence-electron chi connectivity index (χ4n) is 5.01. The summed E-state index contributed by atoms with van der Waals surface area (Å²) < 4.78 is 0. The summed E-state index contributed by atoms with van der Waals surface area (Å²) in [7, 11) is 0. The van der Waals surface area contributed by atoms with Crippen LogP contribution in [0.15, 0.2) is 66.5 Å². The Kier molecular flexibility index (Phi) is 11.0. The topological polar surface area (TPSA) is 83.6 Å². The molecular weight excluding hydrogens is 506 g/mol. The van der Waals surface area contributed by atoms with E-state index in [0.29, 0.717) is 6.42 Å². The SMILES string of the molecule is CCC/C=C(\CCCCC(C)C)CCC(=O)Nc1ccnc2c1/C=C/C=C(c1c[nH]nc1-c1cccc(C)n1)/C=C\2. The van der Waals surface area contributed by atoms with E-state index in [4.69, 9.17) is 0 Å². The number of nitrogens with zero attached hydrogens (tertiary/aromatic N) is 3. The summed E-state index contributed by atoms with van der Waals surface area (Å²) in [5.41, 5.74) is 8.43. The zero-order valence-electron chi connectivity index (χ0n) is 24.9. The van der Waals surface area contributed by atoms with E-state index in [1.165, 1.54) is 24.8 Å². The van der Waals surface area contributed by atoms with E-state index in [0.717, 1.165) is 76.8 Å². The summed E-state index contributed by atoms with van der Waals surface area (Å²) in [6, 6.07) is 7.81. The molecule has 0 unspecified atom stereocenters. The number of carbonyl (C=O) groups is 1. The third-order valence-corrected chi connectivity index (χ3v) is 7.26. The van der Waals surface area contributed by atoms with Gasteiger partial charge in [-0.2, -0.15) is 5.10 Å². The highest BCUT2D eigenvalue weighted by atomic mass is 16.1. The van der Waals surface area contributed by atoms with E-state index in [2.05, 4.69) is 52.3 Å². The summed E-state index contributed by atoms with van der Waals surface area (Å²) in [5.74, 6) is 0.779. The first kappa shape index (κ1) is 29.9. The zero-order valence-corrected chi connectivity index (χ0v) is 24.9. The Bertz CT molecular complexity index is 1440. The fraction of sp³-hybridized carbons (Fsp3) is 0.371. The van der Waals surface area contributed by atoms with Crippen LogP contribution >= 0.6 is 0 Å². The third kappa shape index (κ3) is 8.71. The van der Waals surface area contributed by atoms with Crippen LogP contribution in [-0.4, -0.2) is 26.1 Å². The Morgan fingerprint density at radius 2 is 1.95 bits per heavy atom. The molecule has 3 heterocycles. The number of nitrogens with one attached hydrogen (secondary N) is 2. The molecule has 3 aromatic rings. The molecule has 41 heavy (non-hydrogen) atoms. The van der Waals surface area contributed by atoms with E-state index >= 15 is 0 Å². The molecule has 6 heteroatoms. The lowest BCUT2D eigenvalue weighted by Crippen LogP contribution is -2.13. The van der Waals surface area contributed by atoms with E-state index in [1.807, 2.05) is 67.8 Å². The number of rotatable bonds is 13. The van der Waals surface area contributed by atoms with Gasteiger partial charge in [0.05, 0.1) is 17.1 Å². The van der Waals surface area contributed by atoms with Crippen LogP contribution in [0.4, 0.5) is 5.69 Å². The van der Waals surface area contributed by atoms with Crippen LogP contribution in [-0.2, 0) is 4.79 Å². The number of unbranched alkanes of at least 4 members (excludes halogenated alkanes) is 2. The Morgan fingerprint density at radius 1 is 1.07 bits per heavy atom. The van der Waals surface area contributed by atoms with Gasteiger partial charge < -0.3 is 5.32 Å². The predicted octanol–water partition coefficient (Wildman–Crippen LogP) is 8.96. The molecule has 4 rings (SSSR count). The number of aromatic nitrogens is 4. The minimum absolute atomic E-state index is 0.0346. The number of carbonyl (C=O) groups excluding carboxylic acids is 1. The van der Waals surface area contributed by atoms with Crippen molar-refractivity contribution in [3.05, 3.63) is 89.1 Å². The Morgan fingerprint density at radius 3 is 2.76 bits per heavy atom. The quantitative estimate of drug-likeness (QED) is 0.165. The third-order valence-electron chi connectivity index (χ3n) is 7.26. The molecule has 1 aliphatic rings. The molecule has 0 radical (unpaired) electrons. The fourth-order valence-corrected chi connectivity index (χ4v) is 5.01. The Labute approximate surface area is 244 Å². The number of H-pyrrole nitrogens is 1. The molecule has 0 bridgehead atoms. The molecule has 0 saturated heterocycles. The van der Waals surface area contributed by atoms with Crippen LogP contribution in [0.1, 0.15) is 94.7 Å². The van der Waals surface area contributed by atoms with Crippen molar-refractivity contribution in [2.45, 2.75) is 79.1 Å². The molecule has 3 aromatic heterocycles. The van der Waals surface area contributed by atoms with E-state index in [-0.39, 0.29) is 5.91 Å². The largest absolute Gasteiger partial charge is 0.325 e. The van der Waals surface area contributed by atoms with Gasteiger partial charge in [0.1, 0.15) is 5.69 Å². The average molecular weight is 550 g/mol. The number of hydrogen-bond acceptors (Lipinski definition) is 4. The number of anilines is 1. The van der Waals surface area contributed by atoms with Crippen molar-refractivity contribution in [1.82, 2.24) is 20.2 Å². The summed E-state index contributed by atoms with van der Waals surface area (Å²) in [6.07, 6.45) is 24.4. The van der Waals surface area contributed by atoms with E-state index in [9.17, 15) is 4.79 Å². The van der Waals surface area contributed by atoms with Crippen LogP contribution in [0.5, 0.6) is 0 Å². The van der Waals surface area contributed by atoms with Crippen molar-refractivity contribution < 1.29 is 4.79 Å². The minimum Gasteiger partial charge on any atom is -0.325 e. The Hall–Kier alpha value is -4.06. The second-order valence-corrected chi connectivity index (χ2v) is 11.1. The second kappa shape index (κ2) is 15.1. The van der Waals surface area contributed by atoms with Crippen molar-refractivity contribution in [1.29, 1.82) is 0 Å². The lowest BCUT2D eigenvalue weighted by atomic mass is 9.98. The molecule has 1 amide bonds. The molecule has 214 valence electrons. The summed E-state index contributed by atoms with van der Waals surface area (Å²) >= 11 is 0. The predicted molar refractivity (Wildman–Crippen MR) is 171 cm³/mol. The summed E-state index contributed by atoms with van der Waals surface area (Å²) in [5, 5.41) is 10.6. The van der Waals surface area contributed by atoms with Crippen molar-refractivity contribution in [2.24, 2.45) is 5.92 Å². The molecule has 6 nitrogen and oxygen atoms in total. The van der Waals surface area contributed by atoms with Gasteiger partial charge in [-0.15, -0.1) is 0 Å². The highest BCUT2D eigenvalue weighted by Gasteiger charge is 2.15. The van der Waals surface area contributed by atoms with Crippen molar-refractivity contribution in [2.75, 3.05) is 5.32 Å². The number of allylic oxidation sites excluding steroid dienone is 6. The van der Waals surface area contributed by atoms with Gasteiger partial charge in [-0.05, 0) is 68.4 Å². The second-order valence-electron chi connectivity index (χ2n) is 11.1. The highest BCUT2D eigenvalue weighted by molar-refractivity contribution is 5.95. The molecule has 1 aliphatic carbocycles. The average Bonchev–Trinajstić information content (AvgIpc) is 3.43. The first-order chi connectivity index (χ1) is 19.9. The van der Waals surface area contributed by atoms with Gasteiger partial charge in [-0.1, -0.05) is 82.1 Å².